The highest BCUT2D eigenvalue weighted by Crippen LogP contribution is 2.67. The first-order chi connectivity index (χ1) is 17.6. The molecule has 1 aromatic rings. The van der Waals surface area contributed by atoms with E-state index in [2.05, 4.69) is 0 Å². The van der Waals surface area contributed by atoms with Gasteiger partial charge in [0.05, 0.1) is 0 Å². The van der Waals surface area contributed by atoms with Crippen molar-refractivity contribution in [3.63, 3.8) is 0 Å². The third-order valence-corrected chi connectivity index (χ3v) is 16.8. The summed E-state index contributed by atoms with van der Waals surface area (Å²) in [6, 6.07) is 7.78. The maximum absolute atomic E-state index is 14.9. The Bertz CT molecular complexity index is 804. The highest BCUT2D eigenvalue weighted by atomic mass is 31.2. The van der Waals surface area contributed by atoms with Crippen molar-refractivity contribution in [3.8, 4) is 11.5 Å². The maximum Gasteiger partial charge on any atom is 0.254 e. The normalized spacial score (nSPS) is 24.4. The minimum Gasteiger partial charge on any atom is -0.438 e. The van der Waals surface area contributed by atoms with Crippen LogP contribution in [0.4, 0.5) is 0 Å². The fourth-order valence-corrected chi connectivity index (χ4v) is 14.6. The second kappa shape index (κ2) is 12.4. The molecule has 0 unspecified atom stereocenters. The fraction of sp³-hybridized carbons (Fsp3) is 0.800. The van der Waals surface area contributed by atoms with Crippen molar-refractivity contribution in [3.05, 3.63) is 24.3 Å². The molecule has 0 amide bonds. The van der Waals surface area contributed by atoms with Crippen LogP contribution in [0, 0.1) is 0 Å². The Morgan fingerprint density at radius 1 is 0.444 bits per heavy atom. The first-order valence-electron chi connectivity index (χ1n) is 15.3. The Morgan fingerprint density at radius 2 is 0.694 bits per heavy atom. The monoisotopic (exact) mass is 534 g/mol. The average Bonchev–Trinajstić information content (AvgIpc) is 2.96. The van der Waals surface area contributed by atoms with Gasteiger partial charge in [0.1, 0.15) is 0 Å². The van der Waals surface area contributed by atoms with Crippen molar-refractivity contribution >= 4 is 14.7 Å². The van der Waals surface area contributed by atoms with Gasteiger partial charge >= 0.3 is 0 Å². The van der Waals surface area contributed by atoms with Gasteiger partial charge in [0.25, 0.3) is 14.7 Å². The molecule has 4 saturated carbocycles. The van der Waals surface area contributed by atoms with Crippen LogP contribution < -0.4 is 9.05 Å². The summed E-state index contributed by atoms with van der Waals surface area (Å²) in [5, 5.41) is 0. The van der Waals surface area contributed by atoms with Crippen LogP contribution in [-0.2, 0) is 9.13 Å². The molecule has 0 bridgehead atoms. The van der Waals surface area contributed by atoms with Crippen molar-refractivity contribution in [2.75, 3.05) is 0 Å². The van der Waals surface area contributed by atoms with Gasteiger partial charge in [-0.25, -0.2) is 0 Å². The summed E-state index contributed by atoms with van der Waals surface area (Å²) in [6.07, 6.45) is 22.3. The Morgan fingerprint density at radius 3 is 0.944 bits per heavy atom. The van der Waals surface area contributed by atoms with Crippen LogP contribution in [0.2, 0.25) is 0 Å². The van der Waals surface area contributed by atoms with E-state index in [1.54, 1.807) is 0 Å². The summed E-state index contributed by atoms with van der Waals surface area (Å²) in [5.41, 5.74) is 0.633. The van der Waals surface area contributed by atoms with Gasteiger partial charge in [0.2, 0.25) is 0 Å². The molecule has 4 aliphatic rings. The quantitative estimate of drug-likeness (QED) is 0.311. The van der Waals surface area contributed by atoms with E-state index in [4.69, 9.17) is 9.05 Å². The Hall–Kier alpha value is -0.720. The third-order valence-electron chi connectivity index (χ3n) is 9.67. The molecule has 0 aliphatic heterocycles. The highest BCUT2D eigenvalue weighted by molar-refractivity contribution is 7.61. The Kier molecular flexibility index (Phi) is 9.27. The lowest BCUT2D eigenvalue weighted by atomic mass is 10.00. The number of hydrogen-bond donors (Lipinski definition) is 0. The zero-order valence-corrected chi connectivity index (χ0v) is 24.1. The molecule has 36 heavy (non-hydrogen) atoms. The van der Waals surface area contributed by atoms with Gasteiger partial charge in [-0.15, -0.1) is 0 Å². The zero-order valence-electron chi connectivity index (χ0n) is 22.3. The summed E-state index contributed by atoms with van der Waals surface area (Å²) >= 11 is 0. The van der Waals surface area contributed by atoms with E-state index in [0.29, 0.717) is 11.5 Å². The Labute approximate surface area is 219 Å². The molecule has 202 valence electrons. The molecule has 0 aromatic heterocycles. The molecular weight excluding hydrogens is 486 g/mol. The molecule has 0 saturated heterocycles. The maximum atomic E-state index is 14.9. The molecule has 4 fully saturated rings. The molecule has 4 nitrogen and oxygen atoms in total. The molecule has 5 rings (SSSR count). The SMILES string of the molecule is O=P(Oc1ccccc1OP(=O)(C1CCCCC1)C1CCCCC1)(C1CCCCC1)C1CCCCC1. The van der Waals surface area contributed by atoms with Gasteiger partial charge in [0, 0.05) is 22.6 Å². The van der Waals surface area contributed by atoms with E-state index >= 15 is 0 Å². The van der Waals surface area contributed by atoms with Crippen LogP contribution in [0.3, 0.4) is 0 Å². The van der Waals surface area contributed by atoms with Crippen molar-refractivity contribution in [2.45, 2.75) is 151 Å². The molecule has 0 radical (unpaired) electrons. The topological polar surface area (TPSA) is 52.6 Å². The molecule has 4 aliphatic carbocycles. The van der Waals surface area contributed by atoms with E-state index in [1.165, 1.54) is 25.7 Å². The van der Waals surface area contributed by atoms with Crippen LogP contribution in [0.1, 0.15) is 128 Å². The van der Waals surface area contributed by atoms with Gasteiger partial charge in [-0.2, -0.15) is 0 Å². The average molecular weight is 535 g/mol. The first kappa shape index (κ1) is 26.9. The largest absolute Gasteiger partial charge is 0.438 e. The van der Waals surface area contributed by atoms with Gasteiger partial charge < -0.3 is 9.05 Å². The number of hydrogen-bond acceptors (Lipinski definition) is 4. The molecule has 0 heterocycles. The predicted molar refractivity (Wildman–Crippen MR) is 150 cm³/mol. The van der Waals surface area contributed by atoms with Crippen LogP contribution >= 0.6 is 14.7 Å². The molecule has 6 heteroatoms. The van der Waals surface area contributed by atoms with E-state index in [-0.39, 0.29) is 22.6 Å². The summed E-state index contributed by atoms with van der Waals surface area (Å²) in [7, 11) is -5.84. The second-order valence-electron chi connectivity index (χ2n) is 12.1. The van der Waals surface area contributed by atoms with Gasteiger partial charge in [0.15, 0.2) is 11.5 Å². The van der Waals surface area contributed by atoms with E-state index in [9.17, 15) is 9.13 Å². The third kappa shape index (κ3) is 5.96. The molecule has 0 spiro atoms. The summed E-state index contributed by atoms with van der Waals surface area (Å²) in [5.74, 6) is 1.17. The van der Waals surface area contributed by atoms with E-state index < -0.39 is 14.7 Å². The Balaban J connectivity index is 1.45. The summed E-state index contributed by atoms with van der Waals surface area (Å²) in [4.78, 5) is 0. The minimum absolute atomic E-state index is 0.158. The summed E-state index contributed by atoms with van der Waals surface area (Å²) in [6.45, 7) is 0. The van der Waals surface area contributed by atoms with Crippen molar-refractivity contribution in [1.29, 1.82) is 0 Å². The molecule has 1 aromatic carbocycles. The standard InChI is InChI=1S/C30H48O4P2/c31-35(25-15-5-1-6-16-25,26-17-7-2-8-18-26)33-29-23-13-14-24-30(29)34-36(32,27-19-9-3-10-20-27)28-21-11-4-12-22-28/h13-14,23-28H,1-12,15-22H2. The minimum atomic E-state index is -2.92. The molecule has 0 atom stereocenters. The lowest BCUT2D eigenvalue weighted by molar-refractivity contribution is 0.371. The van der Waals surface area contributed by atoms with Crippen LogP contribution in [0.15, 0.2) is 24.3 Å². The number of para-hydroxylation sites is 2. The number of rotatable bonds is 8. The van der Waals surface area contributed by atoms with E-state index in [1.807, 2.05) is 24.3 Å². The number of benzene rings is 1. The van der Waals surface area contributed by atoms with Gasteiger partial charge in [-0.05, 0) is 63.5 Å². The second-order valence-corrected chi connectivity index (χ2v) is 18.0. The van der Waals surface area contributed by atoms with Crippen LogP contribution in [0.25, 0.3) is 0 Å². The van der Waals surface area contributed by atoms with Gasteiger partial charge in [-0.1, -0.05) is 89.2 Å². The van der Waals surface area contributed by atoms with Gasteiger partial charge in [-0.3, -0.25) is 9.13 Å². The van der Waals surface area contributed by atoms with Crippen molar-refractivity contribution < 1.29 is 18.2 Å². The molecular formula is C30H48O4P2. The predicted octanol–water partition coefficient (Wildman–Crippen LogP) is 10.3. The van der Waals surface area contributed by atoms with Crippen LogP contribution in [0.5, 0.6) is 11.5 Å². The van der Waals surface area contributed by atoms with Crippen molar-refractivity contribution in [1.82, 2.24) is 0 Å². The lowest BCUT2D eigenvalue weighted by Crippen LogP contribution is -2.27. The van der Waals surface area contributed by atoms with Crippen LogP contribution in [-0.4, -0.2) is 22.6 Å². The lowest BCUT2D eigenvalue weighted by Gasteiger charge is -2.39. The smallest absolute Gasteiger partial charge is 0.254 e. The fourth-order valence-electron chi connectivity index (χ4n) is 7.57. The molecule has 0 N–H and O–H groups in total. The van der Waals surface area contributed by atoms with E-state index in [0.717, 1.165) is 103 Å². The summed E-state index contributed by atoms with van der Waals surface area (Å²) < 4.78 is 43.2. The highest BCUT2D eigenvalue weighted by Gasteiger charge is 2.46. The zero-order chi connectivity index (χ0) is 24.8. The van der Waals surface area contributed by atoms with Crippen molar-refractivity contribution in [2.24, 2.45) is 0 Å². The first-order valence-corrected chi connectivity index (χ1v) is 18.8.